The highest BCUT2D eigenvalue weighted by Crippen LogP contribution is 2.27. The van der Waals surface area contributed by atoms with E-state index in [1.54, 1.807) is 22.7 Å². The molecule has 0 amide bonds. The third-order valence-electron chi connectivity index (χ3n) is 4.55. The fourth-order valence-electron chi connectivity index (χ4n) is 3.13. The molecule has 1 aliphatic rings. The molecule has 25 heavy (non-hydrogen) atoms. The van der Waals surface area contributed by atoms with E-state index in [4.69, 9.17) is 9.73 Å². The van der Waals surface area contributed by atoms with Crippen LogP contribution in [-0.4, -0.2) is 17.3 Å². The first-order valence-electron chi connectivity index (χ1n) is 8.81. The van der Waals surface area contributed by atoms with Gasteiger partial charge < -0.3 is 9.30 Å². The average molecular weight is 371 g/mol. The van der Waals surface area contributed by atoms with Crippen LogP contribution in [0.4, 0.5) is 5.69 Å². The summed E-state index contributed by atoms with van der Waals surface area (Å²) in [5.41, 5.74) is 3.61. The van der Waals surface area contributed by atoms with E-state index < -0.39 is 0 Å². The average Bonchev–Trinajstić information content (AvgIpc) is 3.39. The van der Waals surface area contributed by atoms with Crippen LogP contribution in [0.2, 0.25) is 0 Å². The van der Waals surface area contributed by atoms with Crippen LogP contribution in [0.15, 0.2) is 52.2 Å². The minimum absolute atomic E-state index is 0.301. The van der Waals surface area contributed by atoms with Gasteiger partial charge in [-0.05, 0) is 48.4 Å². The summed E-state index contributed by atoms with van der Waals surface area (Å²) in [4.78, 5) is 7.25. The standard InChI is InChI=1S/C20H22N2OS2/c1-2-15-7-9-16(10-8-15)21-20-22(13-17-5-3-11-23-17)18(14-25-20)19-6-4-12-24-19/h4,6-10,12,14,17H,2-3,5,11,13H2,1H3. The maximum atomic E-state index is 5.88. The SMILES string of the molecule is CCc1ccc(N=c2scc(-c3cccs3)n2CC2CCCO2)cc1. The number of hydrogen-bond donors (Lipinski definition) is 0. The smallest absolute Gasteiger partial charge is 0.190 e. The summed E-state index contributed by atoms with van der Waals surface area (Å²) in [6.45, 7) is 3.94. The van der Waals surface area contributed by atoms with Crippen molar-refractivity contribution in [1.82, 2.24) is 4.57 Å². The van der Waals surface area contributed by atoms with Crippen molar-refractivity contribution in [3.8, 4) is 10.6 Å². The quantitative estimate of drug-likeness (QED) is 0.602. The molecule has 3 heterocycles. The zero-order valence-electron chi connectivity index (χ0n) is 14.4. The van der Waals surface area contributed by atoms with E-state index >= 15 is 0 Å². The molecule has 4 rings (SSSR count). The molecule has 2 aromatic heterocycles. The molecule has 0 saturated carbocycles. The molecule has 0 aliphatic carbocycles. The number of rotatable bonds is 5. The van der Waals surface area contributed by atoms with Gasteiger partial charge >= 0.3 is 0 Å². The Labute approximate surface area is 156 Å². The summed E-state index contributed by atoms with van der Waals surface area (Å²) in [7, 11) is 0. The van der Waals surface area contributed by atoms with E-state index in [1.165, 1.54) is 16.1 Å². The van der Waals surface area contributed by atoms with Crippen LogP contribution in [-0.2, 0) is 17.7 Å². The zero-order valence-corrected chi connectivity index (χ0v) is 16.0. The lowest BCUT2D eigenvalue weighted by Crippen LogP contribution is -2.23. The second kappa shape index (κ2) is 7.68. The van der Waals surface area contributed by atoms with Crippen molar-refractivity contribution in [3.05, 3.63) is 57.5 Å². The van der Waals surface area contributed by atoms with Gasteiger partial charge in [0.1, 0.15) is 0 Å². The first-order chi connectivity index (χ1) is 12.3. The highest BCUT2D eigenvalue weighted by molar-refractivity contribution is 7.14. The Morgan fingerprint density at radius 2 is 2.08 bits per heavy atom. The summed E-state index contributed by atoms with van der Waals surface area (Å²) < 4.78 is 8.21. The van der Waals surface area contributed by atoms with Crippen molar-refractivity contribution in [3.63, 3.8) is 0 Å². The molecule has 1 unspecified atom stereocenters. The van der Waals surface area contributed by atoms with E-state index in [9.17, 15) is 0 Å². The molecule has 0 spiro atoms. The Kier molecular flexibility index (Phi) is 5.15. The molecule has 1 atom stereocenters. The molecule has 130 valence electrons. The Morgan fingerprint density at radius 1 is 1.20 bits per heavy atom. The summed E-state index contributed by atoms with van der Waals surface area (Å²) in [6.07, 6.45) is 3.65. The van der Waals surface area contributed by atoms with E-state index in [-0.39, 0.29) is 0 Å². The lowest BCUT2D eigenvalue weighted by Gasteiger charge is -2.13. The van der Waals surface area contributed by atoms with Crippen molar-refractivity contribution in [2.24, 2.45) is 4.99 Å². The number of aromatic nitrogens is 1. The van der Waals surface area contributed by atoms with Crippen molar-refractivity contribution in [2.75, 3.05) is 6.61 Å². The minimum atomic E-state index is 0.301. The van der Waals surface area contributed by atoms with E-state index in [2.05, 4.69) is 58.6 Å². The van der Waals surface area contributed by atoms with Gasteiger partial charge in [-0.1, -0.05) is 25.1 Å². The van der Waals surface area contributed by atoms with Crippen LogP contribution in [0.1, 0.15) is 25.3 Å². The predicted molar refractivity (Wildman–Crippen MR) is 106 cm³/mol. The van der Waals surface area contributed by atoms with Crippen LogP contribution < -0.4 is 4.80 Å². The predicted octanol–water partition coefficient (Wildman–Crippen LogP) is 5.25. The molecule has 5 heteroatoms. The Morgan fingerprint density at radius 3 is 2.76 bits per heavy atom. The van der Waals surface area contributed by atoms with E-state index in [1.807, 2.05) is 0 Å². The number of nitrogens with zero attached hydrogens (tertiary/aromatic N) is 2. The van der Waals surface area contributed by atoms with Crippen LogP contribution in [0.3, 0.4) is 0 Å². The molecular formula is C20H22N2OS2. The van der Waals surface area contributed by atoms with Gasteiger partial charge in [0.25, 0.3) is 0 Å². The Balaban J connectivity index is 1.73. The zero-order chi connectivity index (χ0) is 17.1. The largest absolute Gasteiger partial charge is 0.376 e. The molecule has 0 radical (unpaired) electrons. The highest BCUT2D eigenvalue weighted by atomic mass is 32.1. The van der Waals surface area contributed by atoms with Gasteiger partial charge in [0.05, 0.1) is 28.9 Å². The summed E-state index contributed by atoms with van der Waals surface area (Å²) in [5, 5.41) is 4.35. The summed E-state index contributed by atoms with van der Waals surface area (Å²) in [5.74, 6) is 0. The van der Waals surface area contributed by atoms with Crippen molar-refractivity contribution >= 4 is 28.4 Å². The van der Waals surface area contributed by atoms with Crippen LogP contribution in [0.5, 0.6) is 0 Å². The number of thiophene rings is 1. The first-order valence-corrected chi connectivity index (χ1v) is 10.6. The lowest BCUT2D eigenvalue weighted by molar-refractivity contribution is 0.0968. The van der Waals surface area contributed by atoms with Gasteiger partial charge in [-0.15, -0.1) is 22.7 Å². The molecule has 1 saturated heterocycles. The minimum Gasteiger partial charge on any atom is -0.376 e. The van der Waals surface area contributed by atoms with E-state index in [0.717, 1.165) is 42.9 Å². The monoisotopic (exact) mass is 370 g/mol. The molecule has 1 aliphatic heterocycles. The number of aryl methyl sites for hydroxylation is 1. The second-order valence-corrected chi connectivity index (χ2v) is 8.04. The van der Waals surface area contributed by atoms with Crippen molar-refractivity contribution < 1.29 is 4.74 Å². The van der Waals surface area contributed by atoms with Gasteiger partial charge in [0.15, 0.2) is 4.80 Å². The van der Waals surface area contributed by atoms with Gasteiger partial charge in [-0.2, -0.15) is 0 Å². The Hall–Kier alpha value is -1.69. The normalized spacial score (nSPS) is 18.1. The third kappa shape index (κ3) is 3.78. The summed E-state index contributed by atoms with van der Waals surface area (Å²) >= 11 is 3.49. The second-order valence-electron chi connectivity index (χ2n) is 6.26. The molecule has 0 bridgehead atoms. The van der Waals surface area contributed by atoms with Gasteiger partial charge in [0.2, 0.25) is 0 Å². The molecule has 0 N–H and O–H groups in total. The molecular weight excluding hydrogens is 348 g/mol. The molecule has 3 nitrogen and oxygen atoms in total. The summed E-state index contributed by atoms with van der Waals surface area (Å²) in [6, 6.07) is 12.8. The topological polar surface area (TPSA) is 26.5 Å². The Bertz CT molecular complexity index is 869. The number of ether oxygens (including phenoxy) is 1. The van der Waals surface area contributed by atoms with E-state index in [0.29, 0.717) is 6.10 Å². The molecule has 1 fully saturated rings. The third-order valence-corrected chi connectivity index (χ3v) is 6.31. The molecule has 1 aromatic carbocycles. The number of benzene rings is 1. The van der Waals surface area contributed by atoms with Crippen LogP contribution in [0.25, 0.3) is 10.6 Å². The van der Waals surface area contributed by atoms with Crippen LogP contribution >= 0.6 is 22.7 Å². The molecule has 3 aromatic rings. The maximum Gasteiger partial charge on any atom is 0.190 e. The first kappa shape index (κ1) is 16.8. The van der Waals surface area contributed by atoms with Crippen molar-refractivity contribution in [2.45, 2.75) is 38.8 Å². The van der Waals surface area contributed by atoms with Gasteiger partial charge in [-0.25, -0.2) is 4.99 Å². The van der Waals surface area contributed by atoms with Gasteiger partial charge in [0, 0.05) is 12.0 Å². The number of hydrogen-bond acceptors (Lipinski definition) is 4. The fraction of sp³-hybridized carbons (Fsp3) is 0.350. The fourth-order valence-corrected chi connectivity index (χ4v) is 4.88. The number of thiazole rings is 1. The highest BCUT2D eigenvalue weighted by Gasteiger charge is 2.19. The van der Waals surface area contributed by atoms with Crippen LogP contribution in [0, 0.1) is 0 Å². The maximum absolute atomic E-state index is 5.88. The van der Waals surface area contributed by atoms with Crippen molar-refractivity contribution in [1.29, 1.82) is 0 Å². The lowest BCUT2D eigenvalue weighted by atomic mass is 10.2. The van der Waals surface area contributed by atoms with Gasteiger partial charge in [-0.3, -0.25) is 0 Å².